The fraction of sp³-hybridized carbons (Fsp3) is 0. The lowest BCUT2D eigenvalue weighted by molar-refractivity contribution is 0.476. The smallest absolute Gasteiger partial charge is 0.143 e. The summed E-state index contributed by atoms with van der Waals surface area (Å²) in [5.74, 6) is 0.0648. The van der Waals surface area contributed by atoms with Gasteiger partial charge in [-0.2, -0.15) is 5.11 Å². The Labute approximate surface area is 151 Å². The molecule has 0 fully saturated rings. The fourth-order valence-corrected chi connectivity index (χ4v) is 2.30. The maximum atomic E-state index is 9.99. The van der Waals surface area contributed by atoms with Crippen LogP contribution in [0.1, 0.15) is 16.7 Å². The van der Waals surface area contributed by atoms with Gasteiger partial charge in [-0.05, 0) is 47.5 Å². The standard InChI is InChI=1S/C21H18N4O/c22-21(23)17-9-11-18(12-10-17)24-25-19-14-16(8-13-20(19)26)7-6-15-4-2-1-3-5-15/h1-14,26H,(H3,22,23)/b7-6-,25-24?. The third-order valence-corrected chi connectivity index (χ3v) is 3.72. The Bertz CT molecular complexity index is 961. The number of azo groups is 1. The summed E-state index contributed by atoms with van der Waals surface area (Å²) in [6.45, 7) is 0. The Hall–Kier alpha value is -3.73. The number of rotatable bonds is 5. The van der Waals surface area contributed by atoms with Gasteiger partial charge in [0.1, 0.15) is 17.3 Å². The van der Waals surface area contributed by atoms with Gasteiger partial charge in [0.15, 0.2) is 0 Å². The highest BCUT2D eigenvalue weighted by atomic mass is 16.3. The molecule has 0 saturated carbocycles. The predicted octanol–water partition coefficient (Wildman–Crippen LogP) is 5.26. The van der Waals surface area contributed by atoms with E-state index in [0.717, 1.165) is 11.1 Å². The molecule has 0 bridgehead atoms. The first-order chi connectivity index (χ1) is 12.6. The van der Waals surface area contributed by atoms with Crippen molar-refractivity contribution in [3.8, 4) is 5.75 Å². The number of amidine groups is 1. The first-order valence-electron chi connectivity index (χ1n) is 8.04. The van der Waals surface area contributed by atoms with Crippen LogP contribution < -0.4 is 5.73 Å². The van der Waals surface area contributed by atoms with Crippen LogP contribution in [0.2, 0.25) is 0 Å². The number of phenols is 1. The molecule has 0 unspecified atom stereocenters. The van der Waals surface area contributed by atoms with Crippen molar-refractivity contribution in [3.05, 3.63) is 89.5 Å². The van der Waals surface area contributed by atoms with Crippen molar-refractivity contribution in [1.29, 1.82) is 5.41 Å². The molecule has 5 nitrogen and oxygen atoms in total. The summed E-state index contributed by atoms with van der Waals surface area (Å²) in [5.41, 5.74) is 9.05. The van der Waals surface area contributed by atoms with Crippen LogP contribution >= 0.6 is 0 Å². The highest BCUT2D eigenvalue weighted by Gasteiger charge is 2.01. The predicted molar refractivity (Wildman–Crippen MR) is 105 cm³/mol. The molecule has 0 radical (unpaired) electrons. The molecule has 0 aliphatic rings. The molecule has 3 aromatic carbocycles. The Morgan fingerprint density at radius 1 is 0.846 bits per heavy atom. The zero-order chi connectivity index (χ0) is 18.4. The zero-order valence-corrected chi connectivity index (χ0v) is 14.0. The van der Waals surface area contributed by atoms with Gasteiger partial charge in [0.25, 0.3) is 0 Å². The van der Waals surface area contributed by atoms with E-state index in [1.165, 1.54) is 0 Å². The van der Waals surface area contributed by atoms with E-state index in [4.69, 9.17) is 11.1 Å². The Morgan fingerprint density at radius 2 is 1.54 bits per heavy atom. The van der Waals surface area contributed by atoms with Crippen LogP contribution in [-0.4, -0.2) is 10.9 Å². The molecule has 0 heterocycles. The second kappa shape index (κ2) is 7.90. The number of nitrogen functional groups attached to an aromatic ring is 1. The van der Waals surface area contributed by atoms with Crippen LogP contribution in [0, 0.1) is 5.41 Å². The largest absolute Gasteiger partial charge is 0.506 e. The van der Waals surface area contributed by atoms with Crippen molar-refractivity contribution < 1.29 is 5.11 Å². The molecule has 0 atom stereocenters. The highest BCUT2D eigenvalue weighted by Crippen LogP contribution is 2.29. The average Bonchev–Trinajstić information content (AvgIpc) is 2.67. The van der Waals surface area contributed by atoms with Crippen LogP contribution in [0.4, 0.5) is 11.4 Å². The normalized spacial score (nSPS) is 11.2. The number of nitrogens with one attached hydrogen (secondary N) is 1. The van der Waals surface area contributed by atoms with Crippen molar-refractivity contribution in [2.45, 2.75) is 0 Å². The minimum atomic E-state index is 0.00374. The van der Waals surface area contributed by atoms with Crippen LogP contribution in [0.3, 0.4) is 0 Å². The number of benzene rings is 3. The second-order valence-corrected chi connectivity index (χ2v) is 5.65. The van der Waals surface area contributed by atoms with E-state index in [0.29, 0.717) is 16.9 Å². The lowest BCUT2D eigenvalue weighted by atomic mass is 10.1. The van der Waals surface area contributed by atoms with Gasteiger partial charge in [-0.25, -0.2) is 0 Å². The number of nitrogens with two attached hydrogens (primary N) is 1. The van der Waals surface area contributed by atoms with Gasteiger partial charge in [-0.1, -0.05) is 48.6 Å². The Balaban J connectivity index is 1.79. The van der Waals surface area contributed by atoms with Crippen LogP contribution in [0.25, 0.3) is 12.2 Å². The van der Waals surface area contributed by atoms with Gasteiger partial charge in [0.05, 0.1) is 5.69 Å². The molecule has 3 aromatic rings. The molecular weight excluding hydrogens is 324 g/mol. The maximum Gasteiger partial charge on any atom is 0.143 e. The van der Waals surface area contributed by atoms with Crippen LogP contribution in [-0.2, 0) is 0 Å². The summed E-state index contributed by atoms with van der Waals surface area (Å²) >= 11 is 0. The van der Waals surface area contributed by atoms with Crippen molar-refractivity contribution >= 4 is 29.4 Å². The first kappa shape index (κ1) is 17.1. The van der Waals surface area contributed by atoms with Gasteiger partial charge >= 0.3 is 0 Å². The Morgan fingerprint density at radius 3 is 2.23 bits per heavy atom. The molecule has 0 amide bonds. The van der Waals surface area contributed by atoms with Gasteiger partial charge in [-0.3, -0.25) is 5.41 Å². The summed E-state index contributed by atoms with van der Waals surface area (Å²) in [4.78, 5) is 0. The number of nitrogens with zero attached hydrogens (tertiary/aromatic N) is 2. The topological polar surface area (TPSA) is 94.8 Å². The summed E-state index contributed by atoms with van der Waals surface area (Å²) < 4.78 is 0. The molecule has 0 aliphatic carbocycles. The zero-order valence-electron chi connectivity index (χ0n) is 14.0. The lowest BCUT2D eigenvalue weighted by Gasteiger charge is -2.01. The van der Waals surface area contributed by atoms with Crippen molar-refractivity contribution in [2.75, 3.05) is 0 Å². The van der Waals surface area contributed by atoms with Crippen molar-refractivity contribution in [1.82, 2.24) is 0 Å². The lowest BCUT2D eigenvalue weighted by Crippen LogP contribution is -2.10. The van der Waals surface area contributed by atoms with Gasteiger partial charge < -0.3 is 10.8 Å². The van der Waals surface area contributed by atoms with Crippen LogP contribution in [0.5, 0.6) is 5.75 Å². The van der Waals surface area contributed by atoms with E-state index in [-0.39, 0.29) is 11.6 Å². The molecule has 5 heteroatoms. The van der Waals surface area contributed by atoms with Crippen LogP contribution in [0.15, 0.2) is 83.0 Å². The number of hydrogen-bond donors (Lipinski definition) is 3. The van der Waals surface area contributed by atoms with Gasteiger partial charge in [-0.15, -0.1) is 5.11 Å². The van der Waals surface area contributed by atoms with E-state index < -0.39 is 0 Å². The molecular formula is C21H18N4O. The summed E-state index contributed by atoms with van der Waals surface area (Å²) in [7, 11) is 0. The number of hydrogen-bond acceptors (Lipinski definition) is 4. The third kappa shape index (κ3) is 4.42. The maximum absolute atomic E-state index is 9.99. The summed E-state index contributed by atoms with van der Waals surface area (Å²) in [5, 5.41) is 25.6. The van der Waals surface area contributed by atoms with E-state index >= 15 is 0 Å². The van der Waals surface area contributed by atoms with Gasteiger partial charge in [0, 0.05) is 5.56 Å². The molecule has 4 N–H and O–H groups in total. The van der Waals surface area contributed by atoms with E-state index in [9.17, 15) is 5.11 Å². The van der Waals surface area contributed by atoms with Crippen molar-refractivity contribution in [2.24, 2.45) is 16.0 Å². The molecule has 0 spiro atoms. The van der Waals surface area contributed by atoms with E-state index in [1.54, 1.807) is 36.4 Å². The first-order valence-corrected chi connectivity index (χ1v) is 8.04. The molecule has 0 aromatic heterocycles. The minimum Gasteiger partial charge on any atom is -0.506 e. The number of aromatic hydroxyl groups is 1. The highest BCUT2D eigenvalue weighted by molar-refractivity contribution is 5.95. The fourth-order valence-electron chi connectivity index (χ4n) is 2.30. The van der Waals surface area contributed by atoms with E-state index in [2.05, 4.69) is 10.2 Å². The third-order valence-electron chi connectivity index (χ3n) is 3.72. The number of phenolic OH excluding ortho intramolecular Hbond substituents is 1. The molecule has 0 aliphatic heterocycles. The molecule has 0 saturated heterocycles. The SMILES string of the molecule is N=C(N)c1ccc(N=Nc2cc(/C=C\c3ccccc3)ccc2O)cc1. The summed E-state index contributed by atoms with van der Waals surface area (Å²) in [6, 6.07) is 22.0. The minimum absolute atomic E-state index is 0.00374. The molecule has 3 rings (SSSR count). The monoisotopic (exact) mass is 342 g/mol. The second-order valence-electron chi connectivity index (χ2n) is 5.65. The van der Waals surface area contributed by atoms with Crippen molar-refractivity contribution in [3.63, 3.8) is 0 Å². The van der Waals surface area contributed by atoms with Gasteiger partial charge in [0.2, 0.25) is 0 Å². The van der Waals surface area contributed by atoms with E-state index in [1.807, 2.05) is 48.6 Å². The summed E-state index contributed by atoms with van der Waals surface area (Å²) in [6.07, 6.45) is 3.95. The molecule has 128 valence electrons. The molecule has 26 heavy (non-hydrogen) atoms. The quantitative estimate of drug-likeness (QED) is 0.255. The average molecular weight is 342 g/mol. The Kier molecular flexibility index (Phi) is 5.19.